The first-order chi connectivity index (χ1) is 8.45. The quantitative estimate of drug-likeness (QED) is 0.841. The zero-order valence-corrected chi connectivity index (χ0v) is 11.9. The summed E-state index contributed by atoms with van der Waals surface area (Å²) >= 11 is 0. The van der Waals surface area contributed by atoms with Crippen LogP contribution in [0.1, 0.15) is 39.7 Å². The van der Waals surface area contributed by atoms with Crippen LogP contribution in [0.4, 0.5) is 10.1 Å². The van der Waals surface area contributed by atoms with E-state index in [4.69, 9.17) is 5.73 Å². The van der Waals surface area contributed by atoms with Crippen molar-refractivity contribution in [3.63, 3.8) is 0 Å². The van der Waals surface area contributed by atoms with Crippen molar-refractivity contribution in [3.05, 3.63) is 29.6 Å². The summed E-state index contributed by atoms with van der Waals surface area (Å²) in [4.78, 5) is 2.32. The Balaban J connectivity index is 3.11. The number of rotatable bonds is 6. The van der Waals surface area contributed by atoms with Gasteiger partial charge in [-0.3, -0.25) is 0 Å². The molecule has 0 saturated carbocycles. The number of nitrogens with zero attached hydrogens (tertiary/aromatic N) is 1. The number of benzene rings is 1. The normalized spacial score (nSPS) is 12.8. The third-order valence-electron chi connectivity index (χ3n) is 2.98. The van der Waals surface area contributed by atoms with Gasteiger partial charge in [0.2, 0.25) is 0 Å². The predicted octanol–water partition coefficient (Wildman–Crippen LogP) is 3.34. The lowest BCUT2D eigenvalue weighted by Gasteiger charge is -2.31. The molecule has 0 aromatic heterocycles. The van der Waals surface area contributed by atoms with Crippen LogP contribution in [0, 0.1) is 5.82 Å². The Morgan fingerprint density at radius 2 is 1.94 bits per heavy atom. The zero-order chi connectivity index (χ0) is 13.7. The molecule has 0 saturated heterocycles. The van der Waals surface area contributed by atoms with Gasteiger partial charge in [-0.15, -0.1) is 0 Å². The van der Waals surface area contributed by atoms with Gasteiger partial charge in [-0.1, -0.05) is 6.92 Å². The van der Waals surface area contributed by atoms with E-state index in [1.54, 1.807) is 6.07 Å². The largest absolute Gasteiger partial charge is 0.369 e. The van der Waals surface area contributed by atoms with Gasteiger partial charge in [-0.05, 0) is 57.4 Å². The van der Waals surface area contributed by atoms with Crippen LogP contribution in [-0.2, 0) is 6.42 Å². The van der Waals surface area contributed by atoms with Crippen LogP contribution in [0.25, 0.3) is 0 Å². The van der Waals surface area contributed by atoms with Gasteiger partial charge in [0.25, 0.3) is 0 Å². The fraction of sp³-hybridized carbons (Fsp3) is 0.600. The Bertz CT molecular complexity index is 375. The number of anilines is 1. The second-order valence-electron chi connectivity index (χ2n) is 5.24. The molecule has 2 nitrogen and oxygen atoms in total. The van der Waals surface area contributed by atoms with Crippen molar-refractivity contribution in [2.24, 2.45) is 5.73 Å². The van der Waals surface area contributed by atoms with Crippen LogP contribution in [0.15, 0.2) is 18.2 Å². The smallest absolute Gasteiger partial charge is 0.123 e. The summed E-state index contributed by atoms with van der Waals surface area (Å²) in [6, 6.07) is 5.47. The minimum absolute atomic E-state index is 0.0428. The van der Waals surface area contributed by atoms with Crippen LogP contribution < -0.4 is 10.6 Å². The van der Waals surface area contributed by atoms with Crippen molar-refractivity contribution in [1.82, 2.24) is 0 Å². The molecule has 1 atom stereocenters. The third-order valence-corrected chi connectivity index (χ3v) is 2.98. The molecule has 18 heavy (non-hydrogen) atoms. The molecule has 102 valence electrons. The van der Waals surface area contributed by atoms with Gasteiger partial charge in [0.05, 0.1) is 0 Å². The number of halogens is 1. The lowest BCUT2D eigenvalue weighted by Crippen LogP contribution is -2.33. The van der Waals surface area contributed by atoms with Gasteiger partial charge in [0.15, 0.2) is 0 Å². The van der Waals surface area contributed by atoms with E-state index in [0.717, 1.165) is 24.2 Å². The number of nitrogens with two attached hydrogens (primary N) is 1. The molecule has 0 amide bonds. The van der Waals surface area contributed by atoms with Gasteiger partial charge >= 0.3 is 0 Å². The highest BCUT2D eigenvalue weighted by Crippen LogP contribution is 2.25. The molecule has 3 heteroatoms. The average Bonchev–Trinajstić information content (AvgIpc) is 2.26. The zero-order valence-electron chi connectivity index (χ0n) is 11.9. The maximum Gasteiger partial charge on any atom is 0.123 e. The van der Waals surface area contributed by atoms with Crippen LogP contribution >= 0.6 is 0 Å². The molecule has 1 rings (SSSR count). The Morgan fingerprint density at radius 1 is 1.28 bits per heavy atom. The van der Waals surface area contributed by atoms with Crippen molar-refractivity contribution in [1.29, 1.82) is 0 Å². The van der Waals surface area contributed by atoms with E-state index in [9.17, 15) is 4.39 Å². The maximum absolute atomic E-state index is 13.4. The fourth-order valence-electron chi connectivity index (χ4n) is 2.24. The summed E-state index contributed by atoms with van der Waals surface area (Å²) < 4.78 is 13.4. The Hall–Kier alpha value is -1.09. The standard InChI is InChI=1S/C15H25FN2/c1-5-8-18(11(2)3)15-7-6-14(16)10-13(15)9-12(4)17/h6-7,10-12H,5,8-9,17H2,1-4H3. The van der Waals surface area contributed by atoms with Crippen LogP contribution in [0.2, 0.25) is 0 Å². The van der Waals surface area contributed by atoms with Crippen molar-refractivity contribution < 1.29 is 4.39 Å². The molecule has 0 fully saturated rings. The van der Waals surface area contributed by atoms with E-state index >= 15 is 0 Å². The lowest BCUT2D eigenvalue weighted by atomic mass is 10.0. The Morgan fingerprint density at radius 3 is 2.44 bits per heavy atom. The van der Waals surface area contributed by atoms with Crippen molar-refractivity contribution in [3.8, 4) is 0 Å². The summed E-state index contributed by atoms with van der Waals surface area (Å²) in [7, 11) is 0. The van der Waals surface area contributed by atoms with E-state index in [1.807, 2.05) is 13.0 Å². The molecule has 0 aliphatic rings. The predicted molar refractivity (Wildman–Crippen MR) is 76.5 cm³/mol. The van der Waals surface area contributed by atoms with Crippen LogP contribution in [-0.4, -0.2) is 18.6 Å². The summed E-state index contributed by atoms with van der Waals surface area (Å²) in [5, 5.41) is 0. The van der Waals surface area contributed by atoms with E-state index in [-0.39, 0.29) is 11.9 Å². The second-order valence-corrected chi connectivity index (χ2v) is 5.24. The summed E-state index contributed by atoms with van der Waals surface area (Å²) in [5.41, 5.74) is 7.98. The highest BCUT2D eigenvalue weighted by Gasteiger charge is 2.15. The molecule has 1 unspecified atom stereocenters. The van der Waals surface area contributed by atoms with Crippen LogP contribution in [0.3, 0.4) is 0 Å². The van der Waals surface area contributed by atoms with Crippen LogP contribution in [0.5, 0.6) is 0 Å². The SMILES string of the molecule is CCCN(c1ccc(F)cc1CC(C)N)C(C)C. The van der Waals surface area contributed by atoms with Crippen molar-refractivity contribution >= 4 is 5.69 Å². The fourth-order valence-corrected chi connectivity index (χ4v) is 2.24. The first kappa shape index (κ1) is 15.0. The average molecular weight is 252 g/mol. The summed E-state index contributed by atoms with van der Waals surface area (Å²) in [5.74, 6) is -0.186. The van der Waals surface area contributed by atoms with E-state index in [0.29, 0.717) is 12.5 Å². The van der Waals surface area contributed by atoms with Gasteiger partial charge in [0.1, 0.15) is 5.82 Å². The molecule has 0 aliphatic heterocycles. The summed E-state index contributed by atoms with van der Waals surface area (Å²) in [6.45, 7) is 9.41. The Labute approximate surface area is 110 Å². The molecule has 0 heterocycles. The second kappa shape index (κ2) is 6.74. The molecule has 0 aliphatic carbocycles. The van der Waals surface area contributed by atoms with E-state index in [2.05, 4.69) is 25.7 Å². The first-order valence-electron chi connectivity index (χ1n) is 6.76. The molecular formula is C15H25FN2. The van der Waals surface area contributed by atoms with E-state index < -0.39 is 0 Å². The van der Waals surface area contributed by atoms with E-state index in [1.165, 1.54) is 6.07 Å². The van der Waals surface area contributed by atoms with Gasteiger partial charge < -0.3 is 10.6 Å². The monoisotopic (exact) mass is 252 g/mol. The molecule has 0 spiro atoms. The number of hydrogen-bond donors (Lipinski definition) is 1. The van der Waals surface area contributed by atoms with Gasteiger partial charge in [-0.2, -0.15) is 0 Å². The third kappa shape index (κ3) is 3.98. The Kier molecular flexibility index (Phi) is 5.60. The number of hydrogen-bond acceptors (Lipinski definition) is 2. The molecule has 1 aromatic rings. The molecular weight excluding hydrogens is 227 g/mol. The van der Waals surface area contributed by atoms with Gasteiger partial charge in [-0.25, -0.2) is 4.39 Å². The van der Waals surface area contributed by atoms with Crippen molar-refractivity contribution in [2.45, 2.75) is 52.6 Å². The minimum atomic E-state index is -0.186. The first-order valence-corrected chi connectivity index (χ1v) is 6.76. The maximum atomic E-state index is 13.4. The molecule has 1 aromatic carbocycles. The lowest BCUT2D eigenvalue weighted by molar-refractivity contribution is 0.617. The van der Waals surface area contributed by atoms with Gasteiger partial charge in [0, 0.05) is 24.3 Å². The minimum Gasteiger partial charge on any atom is -0.369 e. The highest BCUT2D eigenvalue weighted by atomic mass is 19.1. The molecule has 0 radical (unpaired) electrons. The molecule has 2 N–H and O–H groups in total. The molecule has 0 bridgehead atoms. The summed E-state index contributed by atoms with van der Waals surface area (Å²) in [6.07, 6.45) is 1.78. The van der Waals surface area contributed by atoms with Crippen molar-refractivity contribution in [2.75, 3.05) is 11.4 Å². The topological polar surface area (TPSA) is 29.3 Å². The highest BCUT2D eigenvalue weighted by molar-refractivity contribution is 5.54.